The third-order valence-corrected chi connectivity index (χ3v) is 3.05. The molecule has 110 valence electrons. The smallest absolute Gasteiger partial charge is 0.169 e. The van der Waals surface area contributed by atoms with Gasteiger partial charge in [-0.3, -0.25) is 4.79 Å². The van der Waals surface area contributed by atoms with Gasteiger partial charge >= 0.3 is 0 Å². The zero-order valence-electron chi connectivity index (χ0n) is 12.2. The number of ketones is 1. The number of Topliss-reactive ketones (excluding diaryl/α,β-unsaturated/α-hetero) is 1. The molecular formula is C17H18O4. The number of benzene rings is 2. The van der Waals surface area contributed by atoms with E-state index in [4.69, 9.17) is 14.2 Å². The fourth-order valence-electron chi connectivity index (χ4n) is 1.94. The molecule has 4 nitrogen and oxygen atoms in total. The molecule has 0 atom stereocenters. The van der Waals surface area contributed by atoms with E-state index >= 15 is 0 Å². The topological polar surface area (TPSA) is 44.8 Å². The van der Waals surface area contributed by atoms with E-state index in [1.165, 1.54) is 7.11 Å². The minimum Gasteiger partial charge on any atom is -0.497 e. The second kappa shape index (κ2) is 7.33. The maximum absolute atomic E-state index is 12.2. The molecule has 0 N–H and O–H groups in total. The summed E-state index contributed by atoms with van der Waals surface area (Å²) in [6.45, 7) is 0.331. The van der Waals surface area contributed by atoms with Gasteiger partial charge in [0.05, 0.1) is 26.4 Å². The van der Waals surface area contributed by atoms with Crippen LogP contribution in [0.25, 0.3) is 0 Å². The zero-order valence-corrected chi connectivity index (χ0v) is 12.2. The standard InChI is InChI=1S/C17H18O4/c1-19-14-8-9-15(17(12-14)20-2)16(18)10-11-21-13-6-4-3-5-7-13/h3-9,12H,10-11H2,1-2H3. The molecule has 2 aromatic carbocycles. The van der Waals surface area contributed by atoms with Gasteiger partial charge in [0.25, 0.3) is 0 Å². The number of carbonyl (C=O) groups is 1. The molecule has 0 bridgehead atoms. The van der Waals surface area contributed by atoms with Crippen molar-refractivity contribution in [2.45, 2.75) is 6.42 Å². The number of ether oxygens (including phenoxy) is 3. The van der Waals surface area contributed by atoms with Crippen molar-refractivity contribution in [2.75, 3.05) is 20.8 Å². The summed E-state index contributed by atoms with van der Waals surface area (Å²) in [5.74, 6) is 1.90. The molecule has 0 unspecified atom stereocenters. The van der Waals surface area contributed by atoms with Crippen molar-refractivity contribution in [1.82, 2.24) is 0 Å². The van der Waals surface area contributed by atoms with E-state index < -0.39 is 0 Å². The molecule has 0 aliphatic carbocycles. The van der Waals surface area contributed by atoms with Gasteiger partial charge in [0, 0.05) is 12.5 Å². The van der Waals surface area contributed by atoms with Gasteiger partial charge < -0.3 is 14.2 Å². The second-order valence-corrected chi connectivity index (χ2v) is 4.40. The lowest BCUT2D eigenvalue weighted by molar-refractivity contribution is 0.0959. The van der Waals surface area contributed by atoms with E-state index in [1.54, 1.807) is 25.3 Å². The van der Waals surface area contributed by atoms with Gasteiger partial charge in [-0.05, 0) is 24.3 Å². The monoisotopic (exact) mass is 286 g/mol. The number of rotatable bonds is 7. The molecule has 0 aliphatic rings. The number of para-hydroxylation sites is 1. The predicted octanol–water partition coefficient (Wildman–Crippen LogP) is 3.36. The van der Waals surface area contributed by atoms with E-state index in [0.29, 0.717) is 23.7 Å². The third kappa shape index (κ3) is 3.99. The first kappa shape index (κ1) is 14.9. The van der Waals surface area contributed by atoms with Gasteiger partial charge in [-0.25, -0.2) is 0 Å². The van der Waals surface area contributed by atoms with Gasteiger partial charge in [-0.15, -0.1) is 0 Å². The lowest BCUT2D eigenvalue weighted by Crippen LogP contribution is -2.08. The summed E-state index contributed by atoms with van der Waals surface area (Å²) in [6, 6.07) is 14.6. The first-order valence-electron chi connectivity index (χ1n) is 6.67. The van der Waals surface area contributed by atoms with Crippen LogP contribution in [0.4, 0.5) is 0 Å². The first-order chi connectivity index (χ1) is 10.2. The van der Waals surface area contributed by atoms with E-state index in [2.05, 4.69) is 0 Å². The summed E-state index contributed by atoms with van der Waals surface area (Å²) < 4.78 is 15.9. The molecule has 0 radical (unpaired) electrons. The van der Waals surface area contributed by atoms with E-state index in [-0.39, 0.29) is 12.2 Å². The average Bonchev–Trinajstić information content (AvgIpc) is 2.55. The second-order valence-electron chi connectivity index (χ2n) is 4.40. The molecule has 21 heavy (non-hydrogen) atoms. The lowest BCUT2D eigenvalue weighted by Gasteiger charge is -2.10. The Morgan fingerprint density at radius 1 is 0.952 bits per heavy atom. The van der Waals surface area contributed by atoms with Crippen LogP contribution in [0.2, 0.25) is 0 Å². The molecule has 0 amide bonds. The highest BCUT2D eigenvalue weighted by atomic mass is 16.5. The Morgan fingerprint density at radius 3 is 2.38 bits per heavy atom. The molecule has 2 rings (SSSR count). The molecule has 0 heterocycles. The maximum Gasteiger partial charge on any atom is 0.169 e. The summed E-state index contributed by atoms with van der Waals surface area (Å²) in [5.41, 5.74) is 0.537. The van der Waals surface area contributed by atoms with Gasteiger partial charge in [0.1, 0.15) is 17.2 Å². The van der Waals surface area contributed by atoms with Gasteiger partial charge in [0.15, 0.2) is 5.78 Å². The summed E-state index contributed by atoms with van der Waals surface area (Å²) in [5, 5.41) is 0. The Balaban J connectivity index is 1.97. The van der Waals surface area contributed by atoms with Crippen LogP contribution in [0.5, 0.6) is 17.2 Å². The normalized spacial score (nSPS) is 10.0. The molecule has 2 aromatic rings. The number of hydrogen-bond donors (Lipinski definition) is 0. The fraction of sp³-hybridized carbons (Fsp3) is 0.235. The van der Waals surface area contributed by atoms with Crippen molar-refractivity contribution in [3.63, 3.8) is 0 Å². The Kier molecular flexibility index (Phi) is 5.21. The molecular weight excluding hydrogens is 268 g/mol. The van der Waals surface area contributed by atoms with Crippen LogP contribution in [0.3, 0.4) is 0 Å². The summed E-state index contributed by atoms with van der Waals surface area (Å²) in [7, 11) is 3.11. The summed E-state index contributed by atoms with van der Waals surface area (Å²) >= 11 is 0. The van der Waals surface area contributed by atoms with Crippen molar-refractivity contribution in [3.8, 4) is 17.2 Å². The third-order valence-electron chi connectivity index (χ3n) is 3.05. The largest absolute Gasteiger partial charge is 0.497 e. The number of carbonyl (C=O) groups excluding carboxylic acids is 1. The quantitative estimate of drug-likeness (QED) is 0.732. The fourth-order valence-corrected chi connectivity index (χ4v) is 1.94. The maximum atomic E-state index is 12.2. The minimum absolute atomic E-state index is 0.0227. The number of methoxy groups -OCH3 is 2. The first-order valence-corrected chi connectivity index (χ1v) is 6.67. The van der Waals surface area contributed by atoms with E-state index in [0.717, 1.165) is 5.75 Å². The van der Waals surface area contributed by atoms with Crippen LogP contribution in [-0.4, -0.2) is 26.6 Å². The highest BCUT2D eigenvalue weighted by Gasteiger charge is 2.13. The molecule has 0 aliphatic heterocycles. The van der Waals surface area contributed by atoms with Crippen LogP contribution in [0.15, 0.2) is 48.5 Å². The van der Waals surface area contributed by atoms with Gasteiger partial charge in [0.2, 0.25) is 0 Å². The van der Waals surface area contributed by atoms with Crippen molar-refractivity contribution < 1.29 is 19.0 Å². The molecule has 0 fully saturated rings. The van der Waals surface area contributed by atoms with E-state index in [1.807, 2.05) is 30.3 Å². The molecule has 0 aromatic heterocycles. The molecule has 0 saturated heterocycles. The van der Waals surface area contributed by atoms with E-state index in [9.17, 15) is 4.79 Å². The Morgan fingerprint density at radius 2 is 1.71 bits per heavy atom. The predicted molar refractivity (Wildman–Crippen MR) is 80.4 cm³/mol. The van der Waals surface area contributed by atoms with Gasteiger partial charge in [-0.1, -0.05) is 18.2 Å². The van der Waals surface area contributed by atoms with Crippen LogP contribution >= 0.6 is 0 Å². The lowest BCUT2D eigenvalue weighted by atomic mass is 10.1. The SMILES string of the molecule is COc1ccc(C(=O)CCOc2ccccc2)c(OC)c1. The Bertz CT molecular complexity index is 593. The summed E-state index contributed by atoms with van der Waals surface area (Å²) in [6.07, 6.45) is 0.289. The average molecular weight is 286 g/mol. The van der Waals surface area contributed by atoms with Crippen LogP contribution in [-0.2, 0) is 0 Å². The van der Waals surface area contributed by atoms with Crippen molar-refractivity contribution in [2.24, 2.45) is 0 Å². The van der Waals surface area contributed by atoms with Crippen LogP contribution in [0.1, 0.15) is 16.8 Å². The van der Waals surface area contributed by atoms with Gasteiger partial charge in [-0.2, -0.15) is 0 Å². The highest BCUT2D eigenvalue weighted by Crippen LogP contribution is 2.25. The molecule has 0 spiro atoms. The minimum atomic E-state index is -0.0227. The molecule has 4 heteroatoms. The Hall–Kier alpha value is -2.49. The van der Waals surface area contributed by atoms with Crippen molar-refractivity contribution in [1.29, 1.82) is 0 Å². The van der Waals surface area contributed by atoms with Crippen molar-refractivity contribution >= 4 is 5.78 Å². The Labute approximate surface area is 124 Å². The van der Waals surface area contributed by atoms with Crippen LogP contribution in [0, 0.1) is 0 Å². The highest BCUT2D eigenvalue weighted by molar-refractivity contribution is 5.98. The molecule has 0 saturated carbocycles. The zero-order chi connectivity index (χ0) is 15.1. The summed E-state index contributed by atoms with van der Waals surface area (Å²) in [4.78, 5) is 12.2. The number of hydrogen-bond acceptors (Lipinski definition) is 4. The van der Waals surface area contributed by atoms with Crippen LogP contribution < -0.4 is 14.2 Å². The van der Waals surface area contributed by atoms with Crippen molar-refractivity contribution in [3.05, 3.63) is 54.1 Å².